The van der Waals surface area contributed by atoms with Gasteiger partial charge < -0.3 is 24.2 Å². The van der Waals surface area contributed by atoms with Crippen molar-refractivity contribution in [3.8, 4) is 0 Å². The molecule has 0 bridgehead atoms. The van der Waals surface area contributed by atoms with Gasteiger partial charge in [-0.1, -0.05) is 30.3 Å². The number of piperidine rings is 1. The number of aromatic nitrogens is 1. The number of hydrogen-bond acceptors (Lipinski definition) is 8. The van der Waals surface area contributed by atoms with Crippen LogP contribution < -0.4 is 9.62 Å². The lowest BCUT2D eigenvalue weighted by Gasteiger charge is -2.37. The number of ether oxygens (including phenoxy) is 3. The Labute approximate surface area is 203 Å². The van der Waals surface area contributed by atoms with Gasteiger partial charge in [0.05, 0.1) is 31.5 Å². The van der Waals surface area contributed by atoms with E-state index in [4.69, 9.17) is 14.2 Å². The van der Waals surface area contributed by atoms with E-state index in [1.165, 1.54) is 6.07 Å². The monoisotopic (exact) mass is 543 g/mol. The van der Waals surface area contributed by atoms with Crippen molar-refractivity contribution in [2.24, 2.45) is 0 Å². The molecule has 182 valence electrons. The van der Waals surface area contributed by atoms with Gasteiger partial charge in [-0.2, -0.15) is 0 Å². The third-order valence-electron chi connectivity index (χ3n) is 5.36. The van der Waals surface area contributed by atoms with E-state index in [2.05, 4.69) is 25.6 Å². The molecule has 1 aliphatic heterocycles. The summed E-state index contributed by atoms with van der Waals surface area (Å²) >= 11 is 3.31. The minimum absolute atomic E-state index is 0.00182. The first-order valence-corrected chi connectivity index (χ1v) is 12.9. The molecular weight excluding hydrogens is 514 g/mol. The molecule has 1 aromatic heterocycles. The van der Waals surface area contributed by atoms with Crippen molar-refractivity contribution in [2.75, 3.05) is 45.4 Å². The molecule has 33 heavy (non-hydrogen) atoms. The number of sulfonamides is 1. The zero-order valence-corrected chi connectivity index (χ0v) is 21.1. The van der Waals surface area contributed by atoms with Crippen LogP contribution >= 0.6 is 15.9 Å². The minimum Gasteiger partial charge on any atom is -0.389 e. The number of rotatable bonds is 11. The summed E-state index contributed by atoms with van der Waals surface area (Å²) in [5.41, 5.74) is 0.973. The molecule has 0 radical (unpaired) electrons. The molecule has 3 rings (SSSR count). The maximum atomic E-state index is 13.1. The summed E-state index contributed by atoms with van der Waals surface area (Å²) in [7, 11) is -0.722. The Morgan fingerprint density at radius 1 is 1.21 bits per heavy atom. The second kappa shape index (κ2) is 12.2. The number of halogens is 1. The Morgan fingerprint density at radius 2 is 1.88 bits per heavy atom. The van der Waals surface area contributed by atoms with E-state index in [-0.39, 0.29) is 30.3 Å². The molecule has 0 aliphatic carbocycles. The SMILES string of the molecule is CO[C@H]1C[C@H](OC)CN(c2ncc(Br)cc2S(=O)(=O)NCC(O)COCc2ccccc2)C1. The van der Waals surface area contributed by atoms with Crippen LogP contribution in [0.4, 0.5) is 5.82 Å². The first-order chi connectivity index (χ1) is 15.8. The van der Waals surface area contributed by atoms with E-state index in [0.717, 1.165) is 12.0 Å². The molecule has 0 saturated carbocycles. The third-order valence-corrected chi connectivity index (χ3v) is 7.22. The lowest BCUT2D eigenvalue weighted by atomic mass is 10.1. The van der Waals surface area contributed by atoms with Crippen LogP contribution in [0.25, 0.3) is 0 Å². The number of nitrogens with one attached hydrogen (secondary N) is 1. The van der Waals surface area contributed by atoms with Gasteiger partial charge >= 0.3 is 0 Å². The maximum absolute atomic E-state index is 13.1. The van der Waals surface area contributed by atoms with Crippen LogP contribution in [0, 0.1) is 0 Å². The number of nitrogens with zero attached hydrogens (tertiary/aromatic N) is 2. The van der Waals surface area contributed by atoms with Gasteiger partial charge in [-0.15, -0.1) is 0 Å². The zero-order chi connectivity index (χ0) is 23.8. The van der Waals surface area contributed by atoms with Gasteiger partial charge in [0.25, 0.3) is 0 Å². The third kappa shape index (κ3) is 7.44. The van der Waals surface area contributed by atoms with Crippen molar-refractivity contribution in [3.05, 3.63) is 52.6 Å². The normalized spacial score (nSPS) is 20.1. The second-order valence-electron chi connectivity index (χ2n) is 7.84. The highest BCUT2D eigenvalue weighted by Crippen LogP contribution is 2.29. The van der Waals surface area contributed by atoms with Crippen LogP contribution in [0.5, 0.6) is 0 Å². The standard InChI is InChI=1S/C22H30BrN3O6S/c1-30-19-9-20(31-2)13-26(12-19)22-21(8-17(23)10-24-22)33(28,29)25-11-18(27)15-32-14-16-6-4-3-5-7-16/h3-8,10,18-20,25,27H,9,11-15H2,1-2H3/t18?,19-,20-/m0/s1. The van der Waals surface area contributed by atoms with E-state index >= 15 is 0 Å². The predicted molar refractivity (Wildman–Crippen MR) is 128 cm³/mol. The Kier molecular flexibility index (Phi) is 9.62. The first-order valence-electron chi connectivity index (χ1n) is 10.6. The molecule has 1 saturated heterocycles. The van der Waals surface area contributed by atoms with Crippen molar-refractivity contribution >= 4 is 31.8 Å². The molecular formula is C22H30BrN3O6S. The molecule has 1 fully saturated rings. The number of anilines is 1. The Morgan fingerprint density at radius 3 is 2.52 bits per heavy atom. The number of aliphatic hydroxyl groups excluding tert-OH is 1. The van der Waals surface area contributed by atoms with Crippen LogP contribution in [-0.4, -0.2) is 77.3 Å². The zero-order valence-electron chi connectivity index (χ0n) is 18.7. The van der Waals surface area contributed by atoms with Crippen molar-refractivity contribution in [2.45, 2.75) is 36.2 Å². The lowest BCUT2D eigenvalue weighted by molar-refractivity contribution is 0.0105. The fourth-order valence-corrected chi connectivity index (χ4v) is 5.36. The number of methoxy groups -OCH3 is 2. The molecule has 1 aromatic carbocycles. The van der Waals surface area contributed by atoms with E-state index < -0.39 is 16.1 Å². The van der Waals surface area contributed by atoms with Crippen LogP contribution in [0.2, 0.25) is 0 Å². The van der Waals surface area contributed by atoms with Gasteiger partial charge in [-0.25, -0.2) is 18.1 Å². The highest BCUT2D eigenvalue weighted by Gasteiger charge is 2.32. The van der Waals surface area contributed by atoms with Crippen molar-refractivity contribution in [3.63, 3.8) is 0 Å². The summed E-state index contributed by atoms with van der Waals surface area (Å²) in [6.45, 7) is 1.12. The summed E-state index contributed by atoms with van der Waals surface area (Å²) in [4.78, 5) is 6.25. The first kappa shape index (κ1) is 26.0. The van der Waals surface area contributed by atoms with Gasteiger partial charge in [0.1, 0.15) is 10.7 Å². The van der Waals surface area contributed by atoms with Crippen LogP contribution in [0.3, 0.4) is 0 Å². The molecule has 9 nitrogen and oxygen atoms in total. The molecule has 11 heteroatoms. The largest absolute Gasteiger partial charge is 0.389 e. The van der Waals surface area contributed by atoms with E-state index in [9.17, 15) is 13.5 Å². The molecule has 1 aliphatic rings. The van der Waals surface area contributed by atoms with Crippen LogP contribution in [-0.2, 0) is 30.8 Å². The van der Waals surface area contributed by atoms with Crippen molar-refractivity contribution in [1.29, 1.82) is 0 Å². The quantitative estimate of drug-likeness (QED) is 0.442. The average molecular weight is 544 g/mol. The van der Waals surface area contributed by atoms with Gasteiger partial charge in [0.15, 0.2) is 0 Å². The summed E-state index contributed by atoms with van der Waals surface area (Å²) in [5.74, 6) is 0.310. The van der Waals surface area contributed by atoms with Crippen LogP contribution in [0.1, 0.15) is 12.0 Å². The number of pyridine rings is 1. The number of benzene rings is 1. The maximum Gasteiger partial charge on any atom is 0.244 e. The minimum atomic E-state index is -3.96. The fraction of sp³-hybridized carbons (Fsp3) is 0.500. The second-order valence-corrected chi connectivity index (χ2v) is 10.5. The van der Waals surface area contributed by atoms with Crippen molar-refractivity contribution in [1.82, 2.24) is 9.71 Å². The summed E-state index contributed by atoms with van der Waals surface area (Å²) in [5, 5.41) is 10.2. The number of aliphatic hydroxyl groups is 1. The molecule has 2 heterocycles. The summed E-state index contributed by atoms with van der Waals surface area (Å²) in [6, 6.07) is 11.0. The van der Waals surface area contributed by atoms with Crippen LogP contribution in [0.15, 0.2) is 52.0 Å². The molecule has 0 amide bonds. The van der Waals surface area contributed by atoms with Crippen molar-refractivity contribution < 1.29 is 27.7 Å². The average Bonchev–Trinajstić information content (AvgIpc) is 2.83. The smallest absolute Gasteiger partial charge is 0.244 e. The summed E-state index contributed by atoms with van der Waals surface area (Å²) < 4.78 is 45.8. The van der Waals surface area contributed by atoms with Gasteiger partial charge in [0, 0.05) is 50.9 Å². The summed E-state index contributed by atoms with van der Waals surface area (Å²) in [6.07, 6.45) is 1.05. The highest BCUT2D eigenvalue weighted by molar-refractivity contribution is 9.10. The van der Waals surface area contributed by atoms with E-state index in [1.807, 2.05) is 35.2 Å². The molecule has 1 unspecified atom stereocenters. The van der Waals surface area contributed by atoms with Gasteiger partial charge in [-0.3, -0.25) is 0 Å². The fourth-order valence-electron chi connectivity index (χ4n) is 3.60. The van der Waals surface area contributed by atoms with E-state index in [0.29, 0.717) is 30.0 Å². The Bertz CT molecular complexity index is 983. The predicted octanol–water partition coefficient (Wildman–Crippen LogP) is 1.94. The lowest BCUT2D eigenvalue weighted by Crippen LogP contribution is -2.48. The Hall–Kier alpha value is -1.60. The van der Waals surface area contributed by atoms with E-state index in [1.54, 1.807) is 20.4 Å². The molecule has 3 atom stereocenters. The molecule has 2 N–H and O–H groups in total. The van der Waals surface area contributed by atoms with Gasteiger partial charge in [-0.05, 0) is 27.6 Å². The molecule has 0 spiro atoms. The highest BCUT2D eigenvalue weighted by atomic mass is 79.9. The van der Waals surface area contributed by atoms with Gasteiger partial charge in [0.2, 0.25) is 10.0 Å². The topological polar surface area (TPSA) is 110 Å². The number of hydrogen-bond donors (Lipinski definition) is 2. The molecule has 2 aromatic rings. The Balaban J connectivity index is 1.66.